The molecule has 2 heterocycles. The van der Waals surface area contributed by atoms with E-state index in [1.807, 2.05) is 24.3 Å². The first kappa shape index (κ1) is 15.7. The van der Waals surface area contributed by atoms with Crippen molar-refractivity contribution >= 4 is 22.7 Å². The lowest BCUT2D eigenvalue weighted by Gasteiger charge is -2.10. The van der Waals surface area contributed by atoms with Crippen LogP contribution in [0, 0.1) is 0 Å². The molecule has 0 fully saturated rings. The zero-order valence-corrected chi connectivity index (χ0v) is 13.2. The highest BCUT2D eigenvalue weighted by Crippen LogP contribution is 2.25. The molecule has 24 heavy (non-hydrogen) atoms. The number of carbonyl (C=O) groups excluding carboxylic acids is 2. The fourth-order valence-electron chi connectivity index (χ4n) is 2.42. The molecule has 3 aromatic rings. The topological polar surface area (TPSA) is 84.2 Å². The van der Waals surface area contributed by atoms with Gasteiger partial charge in [-0.15, -0.1) is 0 Å². The van der Waals surface area contributed by atoms with Gasteiger partial charge in [-0.3, -0.25) is 9.59 Å². The van der Waals surface area contributed by atoms with Crippen LogP contribution in [0.25, 0.3) is 22.4 Å². The Kier molecular flexibility index (Phi) is 4.56. The van der Waals surface area contributed by atoms with E-state index in [4.69, 9.17) is 4.42 Å². The number of benzene rings is 1. The molecule has 2 aromatic heterocycles. The lowest BCUT2D eigenvalue weighted by molar-refractivity contribution is -0.118. The van der Waals surface area contributed by atoms with E-state index in [0.29, 0.717) is 30.1 Å². The zero-order chi connectivity index (χ0) is 16.9. The molecule has 0 radical (unpaired) electrons. The van der Waals surface area contributed by atoms with E-state index < -0.39 is 0 Å². The molecule has 0 unspecified atom stereocenters. The fourth-order valence-corrected chi connectivity index (χ4v) is 2.42. The molecule has 2 N–H and O–H groups in total. The predicted molar refractivity (Wildman–Crippen MR) is 90.5 cm³/mol. The molecule has 0 aliphatic carbocycles. The predicted octanol–water partition coefficient (Wildman–Crippen LogP) is 2.36. The number of carbonyl (C=O) groups is 2. The summed E-state index contributed by atoms with van der Waals surface area (Å²) in [5, 5.41) is 6.22. The third kappa shape index (κ3) is 3.43. The van der Waals surface area contributed by atoms with E-state index in [1.54, 1.807) is 24.5 Å². The van der Waals surface area contributed by atoms with Crippen molar-refractivity contribution < 1.29 is 14.0 Å². The number of fused-ring (bicyclic) bond motifs is 1. The van der Waals surface area contributed by atoms with Crippen LogP contribution in [0.3, 0.4) is 0 Å². The molecule has 0 atom stereocenters. The van der Waals surface area contributed by atoms with Gasteiger partial charge in [-0.05, 0) is 24.3 Å². The number of para-hydroxylation sites is 1. The van der Waals surface area contributed by atoms with E-state index in [9.17, 15) is 9.59 Å². The van der Waals surface area contributed by atoms with Gasteiger partial charge in [0.1, 0.15) is 5.69 Å². The van der Waals surface area contributed by atoms with Gasteiger partial charge in [-0.2, -0.15) is 0 Å². The first-order valence-corrected chi connectivity index (χ1v) is 7.61. The Labute approximate surface area is 138 Å². The van der Waals surface area contributed by atoms with Crippen LogP contribution in [0.5, 0.6) is 0 Å². The van der Waals surface area contributed by atoms with Crippen LogP contribution in [0.15, 0.2) is 53.1 Å². The number of rotatable bonds is 5. The smallest absolute Gasteiger partial charge is 0.252 e. The summed E-state index contributed by atoms with van der Waals surface area (Å²) < 4.78 is 5.39. The Bertz CT molecular complexity index is 872. The highest BCUT2D eigenvalue weighted by molar-refractivity contribution is 6.07. The number of aromatic nitrogens is 1. The Balaban J connectivity index is 1.90. The number of furan rings is 1. The monoisotopic (exact) mass is 323 g/mol. The van der Waals surface area contributed by atoms with Crippen LogP contribution in [-0.4, -0.2) is 29.9 Å². The Morgan fingerprint density at radius 2 is 1.88 bits per heavy atom. The van der Waals surface area contributed by atoms with E-state index in [0.717, 1.165) is 10.9 Å². The van der Waals surface area contributed by atoms with Crippen LogP contribution in [0.1, 0.15) is 17.3 Å². The molecule has 6 heteroatoms. The number of nitrogens with one attached hydrogen (secondary N) is 2. The average molecular weight is 323 g/mol. The lowest BCUT2D eigenvalue weighted by Crippen LogP contribution is -2.33. The third-order valence-electron chi connectivity index (χ3n) is 3.52. The summed E-state index contributed by atoms with van der Waals surface area (Å²) >= 11 is 0. The second kappa shape index (κ2) is 6.95. The third-order valence-corrected chi connectivity index (χ3v) is 3.52. The Morgan fingerprint density at radius 3 is 2.62 bits per heavy atom. The minimum Gasteiger partial charge on any atom is -0.463 e. The van der Waals surface area contributed by atoms with Crippen molar-refractivity contribution in [3.63, 3.8) is 0 Å². The number of amides is 2. The summed E-state index contributed by atoms with van der Waals surface area (Å²) in [4.78, 5) is 28.0. The van der Waals surface area contributed by atoms with E-state index in [1.165, 1.54) is 6.92 Å². The average Bonchev–Trinajstić information content (AvgIpc) is 3.12. The maximum Gasteiger partial charge on any atom is 0.252 e. The molecular formula is C18H17N3O3. The molecule has 3 rings (SSSR count). The number of hydrogen-bond acceptors (Lipinski definition) is 4. The largest absolute Gasteiger partial charge is 0.463 e. The SMILES string of the molecule is CC(=O)NCCNC(=O)c1cc(-c2ccco2)nc2ccccc12. The molecule has 2 amide bonds. The van der Waals surface area contributed by atoms with Gasteiger partial charge < -0.3 is 15.1 Å². The lowest BCUT2D eigenvalue weighted by atomic mass is 10.1. The first-order valence-electron chi connectivity index (χ1n) is 7.61. The summed E-state index contributed by atoms with van der Waals surface area (Å²) in [7, 11) is 0. The van der Waals surface area contributed by atoms with Gasteiger partial charge >= 0.3 is 0 Å². The van der Waals surface area contributed by atoms with Gasteiger partial charge in [-0.25, -0.2) is 4.98 Å². The Hall–Kier alpha value is -3.15. The second-order valence-electron chi connectivity index (χ2n) is 5.29. The van der Waals surface area contributed by atoms with Crippen molar-refractivity contribution in [3.8, 4) is 11.5 Å². The minimum atomic E-state index is -0.216. The van der Waals surface area contributed by atoms with Crippen LogP contribution >= 0.6 is 0 Å². The molecule has 0 bridgehead atoms. The van der Waals surface area contributed by atoms with Crippen molar-refractivity contribution in [2.24, 2.45) is 0 Å². The molecule has 6 nitrogen and oxygen atoms in total. The van der Waals surface area contributed by atoms with Crippen molar-refractivity contribution in [2.75, 3.05) is 13.1 Å². The molecular weight excluding hydrogens is 306 g/mol. The first-order chi connectivity index (χ1) is 11.6. The molecule has 122 valence electrons. The van der Waals surface area contributed by atoms with E-state index >= 15 is 0 Å². The van der Waals surface area contributed by atoms with Gasteiger partial charge in [0.25, 0.3) is 5.91 Å². The van der Waals surface area contributed by atoms with E-state index in [-0.39, 0.29) is 11.8 Å². The van der Waals surface area contributed by atoms with Crippen molar-refractivity contribution in [3.05, 3.63) is 54.3 Å². The zero-order valence-electron chi connectivity index (χ0n) is 13.2. The summed E-state index contributed by atoms with van der Waals surface area (Å²) in [6, 6.07) is 12.8. The summed E-state index contributed by atoms with van der Waals surface area (Å²) in [5.74, 6) is 0.263. The molecule has 0 aliphatic rings. The van der Waals surface area contributed by atoms with Gasteiger partial charge in [0.05, 0.1) is 17.3 Å². The molecule has 1 aromatic carbocycles. The molecule has 0 spiro atoms. The minimum absolute atomic E-state index is 0.126. The van der Waals surface area contributed by atoms with Crippen LogP contribution < -0.4 is 10.6 Å². The molecule has 0 aliphatic heterocycles. The molecule has 0 saturated carbocycles. The van der Waals surface area contributed by atoms with Gasteiger partial charge in [0.15, 0.2) is 5.76 Å². The van der Waals surface area contributed by atoms with Gasteiger partial charge in [0, 0.05) is 25.4 Å². The highest BCUT2D eigenvalue weighted by atomic mass is 16.3. The summed E-state index contributed by atoms with van der Waals surface area (Å²) in [5.41, 5.74) is 1.85. The maximum absolute atomic E-state index is 12.5. The summed E-state index contributed by atoms with van der Waals surface area (Å²) in [6.07, 6.45) is 1.57. The summed E-state index contributed by atoms with van der Waals surface area (Å²) in [6.45, 7) is 2.17. The molecule has 0 saturated heterocycles. The number of pyridine rings is 1. The van der Waals surface area contributed by atoms with Crippen molar-refractivity contribution in [2.45, 2.75) is 6.92 Å². The quantitative estimate of drug-likeness (QED) is 0.706. The maximum atomic E-state index is 12.5. The van der Waals surface area contributed by atoms with Gasteiger partial charge in [0.2, 0.25) is 5.91 Å². The standard InChI is InChI=1S/C18H17N3O3/c1-12(22)19-8-9-20-18(23)14-11-16(17-7-4-10-24-17)21-15-6-3-2-5-13(14)15/h2-7,10-11H,8-9H2,1H3,(H,19,22)(H,20,23). The van der Waals surface area contributed by atoms with Crippen molar-refractivity contribution in [1.82, 2.24) is 15.6 Å². The number of hydrogen-bond donors (Lipinski definition) is 2. The van der Waals surface area contributed by atoms with Crippen LogP contribution in [-0.2, 0) is 4.79 Å². The highest BCUT2D eigenvalue weighted by Gasteiger charge is 2.14. The van der Waals surface area contributed by atoms with Crippen LogP contribution in [0.2, 0.25) is 0 Å². The van der Waals surface area contributed by atoms with Gasteiger partial charge in [-0.1, -0.05) is 18.2 Å². The fraction of sp³-hybridized carbons (Fsp3) is 0.167. The Morgan fingerprint density at radius 1 is 1.08 bits per heavy atom. The second-order valence-corrected chi connectivity index (χ2v) is 5.29. The van der Waals surface area contributed by atoms with Crippen molar-refractivity contribution in [1.29, 1.82) is 0 Å². The van der Waals surface area contributed by atoms with E-state index in [2.05, 4.69) is 15.6 Å². The number of nitrogens with zero attached hydrogens (tertiary/aromatic N) is 1. The van der Waals surface area contributed by atoms with Crippen LogP contribution in [0.4, 0.5) is 0 Å². The normalized spacial score (nSPS) is 10.5.